The molecule has 208 valence electrons. The lowest BCUT2D eigenvalue weighted by Crippen LogP contribution is -2.49. The van der Waals surface area contributed by atoms with Crippen molar-refractivity contribution in [2.75, 3.05) is 4.90 Å². The van der Waals surface area contributed by atoms with Gasteiger partial charge < -0.3 is 9.47 Å². The van der Waals surface area contributed by atoms with Crippen LogP contribution in [-0.2, 0) is 24.5 Å². The molecule has 0 aliphatic heterocycles. The lowest BCUT2D eigenvalue weighted by atomic mass is 9.88. The van der Waals surface area contributed by atoms with Crippen LogP contribution in [0.2, 0.25) is 0 Å². The number of para-hydroxylation sites is 2. The van der Waals surface area contributed by atoms with Gasteiger partial charge in [0.1, 0.15) is 17.5 Å². The summed E-state index contributed by atoms with van der Waals surface area (Å²) in [6, 6.07) is 19.1. The second-order valence-electron chi connectivity index (χ2n) is 11.4. The zero-order valence-corrected chi connectivity index (χ0v) is 23.8. The Bertz CT molecular complexity index is 1390. The van der Waals surface area contributed by atoms with E-state index in [1.165, 1.54) is 13.3 Å². The number of benzene rings is 2. The van der Waals surface area contributed by atoms with Gasteiger partial charge in [-0.3, -0.25) is 19.1 Å². The Hall–Kier alpha value is -4.60. The Morgan fingerprint density at radius 1 is 0.725 bits per heavy atom. The molecule has 10 heteroatoms. The number of esters is 2. The molecular formula is C30H34N6O4. The van der Waals surface area contributed by atoms with Crippen LogP contribution in [0.25, 0.3) is 5.95 Å². The van der Waals surface area contributed by atoms with E-state index >= 15 is 0 Å². The van der Waals surface area contributed by atoms with Gasteiger partial charge in [0.05, 0.1) is 0 Å². The second-order valence-corrected chi connectivity index (χ2v) is 11.4. The van der Waals surface area contributed by atoms with E-state index in [0.29, 0.717) is 0 Å². The highest BCUT2D eigenvalue weighted by molar-refractivity contribution is 6.05. The highest BCUT2D eigenvalue weighted by atomic mass is 16.6. The standard InChI is InChI=1S/C30H34N6O4/c1-28(2,3)39-24(37)30(7,25(38)40-29(4,5)6)23-32-26(35-19-18-31-20-35)34-27(33-23)36(21-14-10-8-11-15-21)22-16-12-9-13-17-22/h8-20H,1-7H3. The summed E-state index contributed by atoms with van der Waals surface area (Å²) in [7, 11) is 0. The average Bonchev–Trinajstić information content (AvgIpc) is 3.43. The zero-order chi connectivity index (χ0) is 29.1. The van der Waals surface area contributed by atoms with E-state index in [1.54, 1.807) is 58.5 Å². The zero-order valence-electron chi connectivity index (χ0n) is 23.8. The third kappa shape index (κ3) is 6.33. The third-order valence-corrected chi connectivity index (χ3v) is 5.64. The molecule has 0 unspecified atom stereocenters. The minimum absolute atomic E-state index is 0.124. The largest absolute Gasteiger partial charge is 0.459 e. The predicted molar refractivity (Wildman–Crippen MR) is 151 cm³/mol. The van der Waals surface area contributed by atoms with Crippen molar-refractivity contribution in [3.05, 3.63) is 85.2 Å². The van der Waals surface area contributed by atoms with Crippen molar-refractivity contribution in [1.29, 1.82) is 0 Å². The maximum absolute atomic E-state index is 13.8. The highest BCUT2D eigenvalue weighted by Crippen LogP contribution is 2.35. The van der Waals surface area contributed by atoms with Crippen LogP contribution in [0.4, 0.5) is 17.3 Å². The minimum atomic E-state index is -2.02. The van der Waals surface area contributed by atoms with Crippen LogP contribution in [0.15, 0.2) is 79.4 Å². The first kappa shape index (κ1) is 28.4. The van der Waals surface area contributed by atoms with E-state index < -0.39 is 28.6 Å². The van der Waals surface area contributed by atoms with E-state index in [2.05, 4.69) is 9.97 Å². The van der Waals surface area contributed by atoms with Crippen molar-refractivity contribution < 1.29 is 19.1 Å². The van der Waals surface area contributed by atoms with Gasteiger partial charge in [0, 0.05) is 23.8 Å². The first-order valence-electron chi connectivity index (χ1n) is 12.9. The molecule has 40 heavy (non-hydrogen) atoms. The lowest BCUT2D eigenvalue weighted by Gasteiger charge is -2.32. The molecular weight excluding hydrogens is 508 g/mol. The Balaban J connectivity index is 2.00. The quantitative estimate of drug-likeness (QED) is 0.222. The monoisotopic (exact) mass is 542 g/mol. The summed E-state index contributed by atoms with van der Waals surface area (Å²) in [5.74, 6) is -1.46. The van der Waals surface area contributed by atoms with Crippen molar-refractivity contribution in [2.24, 2.45) is 0 Å². The molecule has 4 aromatic rings. The number of carbonyl (C=O) groups is 2. The second kappa shape index (κ2) is 10.9. The van der Waals surface area contributed by atoms with Crippen molar-refractivity contribution in [3.63, 3.8) is 0 Å². The molecule has 2 aromatic heterocycles. The fraction of sp³-hybridized carbons (Fsp3) is 0.333. The van der Waals surface area contributed by atoms with Gasteiger partial charge in [0.2, 0.25) is 17.3 Å². The molecule has 0 bridgehead atoms. The van der Waals surface area contributed by atoms with Crippen LogP contribution in [0.3, 0.4) is 0 Å². The Morgan fingerprint density at radius 3 is 1.65 bits per heavy atom. The smallest absolute Gasteiger partial charge is 0.331 e. The minimum Gasteiger partial charge on any atom is -0.459 e. The van der Waals surface area contributed by atoms with E-state index in [4.69, 9.17) is 19.4 Å². The maximum Gasteiger partial charge on any atom is 0.331 e. The van der Waals surface area contributed by atoms with Gasteiger partial charge in [0.25, 0.3) is 0 Å². The molecule has 4 rings (SSSR count). The Kier molecular flexibility index (Phi) is 7.72. The van der Waals surface area contributed by atoms with Crippen molar-refractivity contribution >= 4 is 29.3 Å². The summed E-state index contributed by atoms with van der Waals surface area (Å²) < 4.78 is 13.0. The predicted octanol–water partition coefficient (Wildman–Crippen LogP) is 5.47. The number of hydrogen-bond donors (Lipinski definition) is 0. The highest BCUT2D eigenvalue weighted by Gasteiger charge is 2.52. The van der Waals surface area contributed by atoms with Crippen molar-refractivity contribution in [1.82, 2.24) is 24.5 Å². The Labute approximate surface area is 234 Å². The normalized spacial score (nSPS) is 12.1. The molecule has 0 atom stereocenters. The van der Waals surface area contributed by atoms with E-state index in [9.17, 15) is 9.59 Å². The van der Waals surface area contributed by atoms with Crippen LogP contribution >= 0.6 is 0 Å². The molecule has 0 aliphatic carbocycles. The van der Waals surface area contributed by atoms with E-state index in [0.717, 1.165) is 11.4 Å². The Morgan fingerprint density at radius 2 is 1.23 bits per heavy atom. The number of rotatable bonds is 7. The van der Waals surface area contributed by atoms with Gasteiger partial charge in [-0.1, -0.05) is 36.4 Å². The van der Waals surface area contributed by atoms with Gasteiger partial charge in [-0.15, -0.1) is 0 Å². The van der Waals surface area contributed by atoms with Gasteiger partial charge >= 0.3 is 11.9 Å². The summed E-state index contributed by atoms with van der Waals surface area (Å²) in [5, 5.41) is 0. The van der Waals surface area contributed by atoms with Gasteiger partial charge in [-0.2, -0.15) is 15.0 Å². The first-order chi connectivity index (χ1) is 18.8. The van der Waals surface area contributed by atoms with Gasteiger partial charge in [-0.25, -0.2) is 4.98 Å². The molecule has 0 spiro atoms. The number of carbonyl (C=O) groups excluding carboxylic acids is 2. The molecule has 0 saturated carbocycles. The maximum atomic E-state index is 13.8. The van der Waals surface area contributed by atoms with E-state index in [-0.39, 0.29) is 17.7 Å². The van der Waals surface area contributed by atoms with Gasteiger partial charge in [0.15, 0.2) is 5.82 Å². The summed E-state index contributed by atoms with van der Waals surface area (Å²) in [6.45, 7) is 11.8. The molecule has 2 heterocycles. The fourth-order valence-electron chi connectivity index (χ4n) is 3.73. The molecule has 0 N–H and O–H groups in total. The number of ether oxygens (including phenoxy) is 2. The van der Waals surface area contributed by atoms with Crippen LogP contribution in [0.5, 0.6) is 0 Å². The van der Waals surface area contributed by atoms with E-state index in [1.807, 2.05) is 65.6 Å². The number of aromatic nitrogens is 5. The first-order valence-corrected chi connectivity index (χ1v) is 12.9. The lowest BCUT2D eigenvalue weighted by molar-refractivity contribution is -0.177. The number of imidazole rings is 1. The van der Waals surface area contributed by atoms with Crippen LogP contribution in [0.1, 0.15) is 54.3 Å². The number of hydrogen-bond acceptors (Lipinski definition) is 9. The third-order valence-electron chi connectivity index (χ3n) is 5.64. The summed E-state index contributed by atoms with van der Waals surface area (Å²) in [6.07, 6.45) is 4.77. The van der Waals surface area contributed by atoms with Crippen LogP contribution in [-0.4, -0.2) is 47.6 Å². The molecule has 0 saturated heterocycles. The van der Waals surface area contributed by atoms with Gasteiger partial charge in [-0.05, 0) is 72.7 Å². The topological polar surface area (TPSA) is 112 Å². The average molecular weight is 543 g/mol. The molecule has 0 aliphatic rings. The molecule has 2 aromatic carbocycles. The van der Waals surface area contributed by atoms with Crippen LogP contribution < -0.4 is 4.90 Å². The SMILES string of the molecule is CC(C)(C)OC(=O)C(C)(C(=O)OC(C)(C)C)c1nc(N(c2ccccc2)c2ccccc2)nc(-n2ccnc2)n1. The van der Waals surface area contributed by atoms with Crippen molar-refractivity contribution in [3.8, 4) is 5.95 Å². The molecule has 0 radical (unpaired) electrons. The molecule has 0 amide bonds. The number of nitrogens with zero attached hydrogens (tertiary/aromatic N) is 6. The summed E-state index contributed by atoms with van der Waals surface area (Å²) in [4.78, 5) is 47.5. The number of anilines is 3. The molecule has 0 fully saturated rings. The van der Waals surface area contributed by atoms with Crippen molar-refractivity contribution in [2.45, 2.75) is 65.1 Å². The summed E-state index contributed by atoms with van der Waals surface area (Å²) >= 11 is 0. The summed E-state index contributed by atoms with van der Waals surface area (Å²) in [5.41, 5.74) is -2.27. The fourth-order valence-corrected chi connectivity index (χ4v) is 3.73. The van der Waals surface area contributed by atoms with Crippen LogP contribution in [0, 0.1) is 0 Å². The molecule has 10 nitrogen and oxygen atoms in total.